The summed E-state index contributed by atoms with van der Waals surface area (Å²) in [4.78, 5) is 21.7. The average molecular weight is 352 g/mol. The summed E-state index contributed by atoms with van der Waals surface area (Å²) >= 11 is 0. The van der Waals surface area contributed by atoms with Gasteiger partial charge in [0, 0.05) is 25.4 Å². The zero-order valence-electron chi connectivity index (χ0n) is 14.2. The summed E-state index contributed by atoms with van der Waals surface area (Å²) in [7, 11) is 0. The van der Waals surface area contributed by atoms with Gasteiger partial charge in [0.2, 0.25) is 0 Å². The van der Waals surface area contributed by atoms with Crippen LogP contribution < -0.4 is 0 Å². The van der Waals surface area contributed by atoms with Crippen molar-refractivity contribution in [2.24, 2.45) is 11.8 Å². The minimum absolute atomic E-state index is 0. The van der Waals surface area contributed by atoms with Crippen LogP contribution in [0.5, 0.6) is 0 Å². The van der Waals surface area contributed by atoms with Gasteiger partial charge in [0.05, 0.1) is 11.0 Å². The van der Waals surface area contributed by atoms with Crippen molar-refractivity contribution in [3.8, 4) is 0 Å². The van der Waals surface area contributed by atoms with E-state index in [4.69, 9.17) is 0 Å². The summed E-state index contributed by atoms with van der Waals surface area (Å²) in [5.41, 5.74) is 2.03. The summed E-state index contributed by atoms with van der Waals surface area (Å²) in [6, 6.07) is 8.52. The molecule has 6 heteroatoms. The summed E-state index contributed by atoms with van der Waals surface area (Å²) in [6.07, 6.45) is 2.03. The van der Waals surface area contributed by atoms with Crippen LogP contribution in [0.1, 0.15) is 32.5 Å². The number of aromatic amines is 1. The van der Waals surface area contributed by atoms with Crippen LogP contribution in [0.3, 0.4) is 0 Å². The molecule has 0 amide bonds. The van der Waals surface area contributed by atoms with Gasteiger partial charge in [-0.3, -0.25) is 4.79 Å². The monoisotopic (exact) mass is 351 g/mol. The lowest BCUT2D eigenvalue weighted by Crippen LogP contribution is -2.45. The van der Waals surface area contributed by atoms with Gasteiger partial charge >= 0.3 is 5.97 Å². The fourth-order valence-corrected chi connectivity index (χ4v) is 3.65. The number of rotatable bonds is 5. The highest BCUT2D eigenvalue weighted by Gasteiger charge is 2.32. The van der Waals surface area contributed by atoms with Crippen LogP contribution in [-0.2, 0) is 11.2 Å². The Kier molecular flexibility index (Phi) is 6.24. The van der Waals surface area contributed by atoms with E-state index in [2.05, 4.69) is 28.7 Å². The second kappa shape index (κ2) is 7.99. The number of hydrogen-bond acceptors (Lipinski definition) is 3. The third kappa shape index (κ3) is 4.28. The number of benzene rings is 1. The predicted molar refractivity (Wildman–Crippen MR) is 97.6 cm³/mol. The Morgan fingerprint density at radius 2 is 2.12 bits per heavy atom. The van der Waals surface area contributed by atoms with E-state index in [9.17, 15) is 9.90 Å². The number of carboxylic acids is 1. The van der Waals surface area contributed by atoms with Crippen molar-refractivity contribution in [2.45, 2.75) is 39.2 Å². The summed E-state index contributed by atoms with van der Waals surface area (Å²) in [6.45, 7) is 6.35. The lowest BCUT2D eigenvalue weighted by atomic mass is 9.80. The number of H-pyrrole nitrogens is 1. The minimum Gasteiger partial charge on any atom is -0.481 e. The molecule has 2 aromatic rings. The topological polar surface area (TPSA) is 69.2 Å². The van der Waals surface area contributed by atoms with Crippen LogP contribution in [0, 0.1) is 11.8 Å². The number of imidazole rings is 1. The highest BCUT2D eigenvalue weighted by atomic mass is 35.5. The Hall–Kier alpha value is -1.59. The van der Waals surface area contributed by atoms with Crippen molar-refractivity contribution in [2.75, 3.05) is 13.1 Å². The molecule has 0 saturated carbocycles. The first-order chi connectivity index (χ1) is 11.0. The van der Waals surface area contributed by atoms with Gasteiger partial charge in [-0.2, -0.15) is 0 Å². The van der Waals surface area contributed by atoms with Gasteiger partial charge < -0.3 is 15.0 Å². The van der Waals surface area contributed by atoms with E-state index in [0.717, 1.165) is 42.8 Å². The molecule has 2 atom stereocenters. The Morgan fingerprint density at radius 3 is 2.79 bits per heavy atom. The lowest BCUT2D eigenvalue weighted by molar-refractivity contribution is -0.139. The van der Waals surface area contributed by atoms with Crippen molar-refractivity contribution < 1.29 is 9.90 Å². The predicted octanol–water partition coefficient (Wildman–Crippen LogP) is 3.35. The summed E-state index contributed by atoms with van der Waals surface area (Å²) in [5.74, 6) is 0.846. The standard InChI is InChI=1S/C18H25N3O2.ClH/c1-12(2)21-8-7-13(10-18(22)23)14(11-21)9-17-19-15-5-3-4-6-16(15)20-17;/h3-6,12-14H,7-11H2,1-2H3,(H,19,20)(H,22,23);1H/t13-,14-;/m0./s1. The van der Waals surface area contributed by atoms with Crippen molar-refractivity contribution in [3.05, 3.63) is 30.1 Å². The maximum absolute atomic E-state index is 11.2. The Balaban J connectivity index is 0.00000208. The molecule has 2 N–H and O–H groups in total. The van der Waals surface area contributed by atoms with Crippen LogP contribution in [0.2, 0.25) is 0 Å². The number of nitrogens with one attached hydrogen (secondary N) is 1. The molecule has 0 bridgehead atoms. The second-order valence-corrected chi connectivity index (χ2v) is 6.90. The summed E-state index contributed by atoms with van der Waals surface area (Å²) in [5, 5.41) is 9.20. The van der Waals surface area contributed by atoms with Crippen LogP contribution >= 0.6 is 12.4 Å². The molecule has 1 fully saturated rings. The SMILES string of the molecule is CC(C)N1CC[C@@H](CC(=O)O)[C@@H](Cc2nc3ccccc3[nH]2)C1.Cl. The van der Waals surface area contributed by atoms with E-state index in [1.807, 2.05) is 24.3 Å². The number of aromatic nitrogens is 2. The molecule has 24 heavy (non-hydrogen) atoms. The van der Waals surface area contributed by atoms with E-state index in [0.29, 0.717) is 12.0 Å². The van der Waals surface area contributed by atoms with Crippen LogP contribution in [-0.4, -0.2) is 45.1 Å². The molecule has 1 aliphatic rings. The zero-order valence-corrected chi connectivity index (χ0v) is 15.1. The molecule has 0 spiro atoms. The van der Waals surface area contributed by atoms with E-state index in [1.165, 1.54) is 0 Å². The third-order valence-corrected chi connectivity index (χ3v) is 4.98. The summed E-state index contributed by atoms with van der Waals surface area (Å²) < 4.78 is 0. The molecule has 0 radical (unpaired) electrons. The average Bonchev–Trinajstić information content (AvgIpc) is 2.90. The Labute approximate surface area is 148 Å². The maximum Gasteiger partial charge on any atom is 0.303 e. The quantitative estimate of drug-likeness (QED) is 0.866. The number of likely N-dealkylation sites (tertiary alicyclic amines) is 1. The molecule has 1 aromatic heterocycles. The van der Waals surface area contributed by atoms with Crippen molar-refractivity contribution >= 4 is 29.4 Å². The van der Waals surface area contributed by atoms with Gasteiger partial charge in [-0.15, -0.1) is 12.4 Å². The van der Waals surface area contributed by atoms with Gasteiger partial charge in [-0.25, -0.2) is 4.98 Å². The van der Waals surface area contributed by atoms with Crippen LogP contribution in [0.4, 0.5) is 0 Å². The highest BCUT2D eigenvalue weighted by Crippen LogP contribution is 2.30. The van der Waals surface area contributed by atoms with E-state index in [1.54, 1.807) is 0 Å². The van der Waals surface area contributed by atoms with E-state index < -0.39 is 5.97 Å². The molecule has 2 heterocycles. The molecule has 5 nitrogen and oxygen atoms in total. The maximum atomic E-state index is 11.2. The Bertz CT molecular complexity index is 653. The number of para-hydroxylation sites is 2. The fraction of sp³-hybridized carbons (Fsp3) is 0.556. The van der Waals surface area contributed by atoms with Crippen molar-refractivity contribution in [1.82, 2.24) is 14.9 Å². The number of fused-ring (bicyclic) bond motifs is 1. The van der Waals surface area contributed by atoms with Crippen LogP contribution in [0.15, 0.2) is 24.3 Å². The van der Waals surface area contributed by atoms with Crippen molar-refractivity contribution in [1.29, 1.82) is 0 Å². The largest absolute Gasteiger partial charge is 0.481 e. The lowest BCUT2D eigenvalue weighted by Gasteiger charge is -2.40. The molecule has 1 aliphatic heterocycles. The van der Waals surface area contributed by atoms with Gasteiger partial charge in [-0.05, 0) is 50.8 Å². The highest BCUT2D eigenvalue weighted by molar-refractivity contribution is 5.85. The molecule has 0 aliphatic carbocycles. The first-order valence-corrected chi connectivity index (χ1v) is 8.42. The molecular formula is C18H26ClN3O2. The number of halogens is 1. The van der Waals surface area contributed by atoms with Crippen LogP contribution in [0.25, 0.3) is 11.0 Å². The number of nitrogens with zero attached hydrogens (tertiary/aromatic N) is 2. The zero-order chi connectivity index (χ0) is 16.4. The second-order valence-electron chi connectivity index (χ2n) is 6.90. The van der Waals surface area contributed by atoms with Gasteiger partial charge in [0.15, 0.2) is 0 Å². The fourth-order valence-electron chi connectivity index (χ4n) is 3.65. The minimum atomic E-state index is -0.692. The number of aliphatic carboxylic acids is 1. The molecular weight excluding hydrogens is 326 g/mol. The number of carboxylic acid groups (broad SMARTS) is 1. The molecule has 0 unspecified atom stereocenters. The van der Waals surface area contributed by atoms with Gasteiger partial charge in [-0.1, -0.05) is 12.1 Å². The molecule has 132 valence electrons. The number of piperidine rings is 1. The first-order valence-electron chi connectivity index (χ1n) is 8.42. The smallest absolute Gasteiger partial charge is 0.303 e. The van der Waals surface area contributed by atoms with E-state index >= 15 is 0 Å². The van der Waals surface area contributed by atoms with Gasteiger partial charge in [0.1, 0.15) is 5.82 Å². The first kappa shape index (κ1) is 18.7. The van der Waals surface area contributed by atoms with E-state index in [-0.39, 0.29) is 24.7 Å². The molecule has 1 saturated heterocycles. The molecule has 1 aromatic carbocycles. The number of hydrogen-bond donors (Lipinski definition) is 2. The van der Waals surface area contributed by atoms with Gasteiger partial charge in [0.25, 0.3) is 0 Å². The molecule has 3 rings (SSSR count). The third-order valence-electron chi connectivity index (χ3n) is 4.98. The Morgan fingerprint density at radius 1 is 1.38 bits per heavy atom. The van der Waals surface area contributed by atoms with Crippen molar-refractivity contribution in [3.63, 3.8) is 0 Å². The normalized spacial score (nSPS) is 21.8. The number of carbonyl (C=O) groups is 1.